The van der Waals surface area contributed by atoms with Crippen molar-refractivity contribution >= 4 is 17.3 Å². The number of carbonyl (C=O) groups excluding carboxylic acids is 2. The summed E-state index contributed by atoms with van der Waals surface area (Å²) in [7, 11) is 0. The Hall–Kier alpha value is -2.41. The van der Waals surface area contributed by atoms with E-state index >= 15 is 0 Å². The van der Waals surface area contributed by atoms with Crippen LogP contribution >= 0.6 is 0 Å². The minimum atomic E-state index is -0.133. The maximum absolute atomic E-state index is 13.3. The molecule has 0 radical (unpaired) electrons. The van der Waals surface area contributed by atoms with Gasteiger partial charge in [-0.3, -0.25) is 14.0 Å². The van der Waals surface area contributed by atoms with E-state index in [4.69, 9.17) is 4.74 Å². The largest absolute Gasteiger partial charge is 0.378 e. The molecule has 7 heteroatoms. The van der Waals surface area contributed by atoms with Crippen LogP contribution in [-0.2, 0) is 4.74 Å². The monoisotopic (exact) mass is 370 g/mol. The summed E-state index contributed by atoms with van der Waals surface area (Å²) in [4.78, 5) is 34.5. The van der Waals surface area contributed by atoms with Crippen LogP contribution in [0.25, 0.3) is 5.52 Å². The van der Waals surface area contributed by atoms with Gasteiger partial charge in [-0.15, -0.1) is 0 Å². The zero-order valence-electron chi connectivity index (χ0n) is 15.8. The van der Waals surface area contributed by atoms with E-state index in [2.05, 4.69) is 11.9 Å². The highest BCUT2D eigenvalue weighted by atomic mass is 16.5. The minimum Gasteiger partial charge on any atom is -0.378 e. The van der Waals surface area contributed by atoms with E-state index in [9.17, 15) is 9.59 Å². The lowest BCUT2D eigenvalue weighted by Crippen LogP contribution is -2.44. The molecule has 1 atom stereocenters. The number of nitrogens with zero attached hydrogens (tertiary/aromatic N) is 4. The Morgan fingerprint density at radius 3 is 2.74 bits per heavy atom. The van der Waals surface area contributed by atoms with Crippen molar-refractivity contribution in [2.24, 2.45) is 0 Å². The van der Waals surface area contributed by atoms with Crippen LogP contribution in [0.2, 0.25) is 0 Å². The Morgan fingerprint density at radius 1 is 1.15 bits per heavy atom. The van der Waals surface area contributed by atoms with E-state index in [-0.39, 0.29) is 17.9 Å². The number of rotatable bonds is 3. The number of amides is 2. The molecule has 0 aliphatic carbocycles. The predicted octanol–water partition coefficient (Wildman–Crippen LogP) is 2.21. The summed E-state index contributed by atoms with van der Waals surface area (Å²) in [5, 5.41) is 0. The van der Waals surface area contributed by atoms with Crippen LogP contribution in [0.1, 0.15) is 53.7 Å². The van der Waals surface area contributed by atoms with Gasteiger partial charge in [-0.05, 0) is 37.8 Å². The molecule has 2 fully saturated rings. The fourth-order valence-electron chi connectivity index (χ4n) is 4.08. The number of ether oxygens (including phenoxy) is 1. The molecule has 2 amide bonds. The normalized spacial score (nSPS) is 20.9. The van der Waals surface area contributed by atoms with Gasteiger partial charge in [-0.25, -0.2) is 4.98 Å². The molecule has 2 saturated heterocycles. The Bertz CT molecular complexity index is 841. The van der Waals surface area contributed by atoms with Gasteiger partial charge in [0.15, 0.2) is 5.69 Å². The van der Waals surface area contributed by atoms with E-state index in [1.165, 1.54) is 0 Å². The molecule has 2 aromatic heterocycles. The molecule has 0 saturated carbocycles. The zero-order chi connectivity index (χ0) is 18.8. The van der Waals surface area contributed by atoms with Crippen molar-refractivity contribution in [1.82, 2.24) is 19.2 Å². The van der Waals surface area contributed by atoms with E-state index in [1.54, 1.807) is 9.30 Å². The summed E-state index contributed by atoms with van der Waals surface area (Å²) in [6.45, 7) is 5.06. The predicted molar refractivity (Wildman–Crippen MR) is 101 cm³/mol. The molecule has 2 aliphatic rings. The third-order valence-corrected chi connectivity index (χ3v) is 5.60. The lowest BCUT2D eigenvalue weighted by atomic mass is 10.00. The van der Waals surface area contributed by atoms with Gasteiger partial charge in [0.2, 0.25) is 5.82 Å². The Balaban J connectivity index is 1.71. The van der Waals surface area contributed by atoms with Gasteiger partial charge in [0, 0.05) is 31.9 Å². The quantitative estimate of drug-likeness (QED) is 0.831. The van der Waals surface area contributed by atoms with Gasteiger partial charge in [0.1, 0.15) is 0 Å². The Kier molecular flexibility index (Phi) is 5.11. The first kappa shape index (κ1) is 18.0. The molecule has 27 heavy (non-hydrogen) atoms. The van der Waals surface area contributed by atoms with Gasteiger partial charge in [0.05, 0.1) is 18.7 Å². The SMILES string of the molecule is CCC1CCCCN1C(=O)c1nc(C(=O)N2CCOCC2)c2ccccn12. The number of likely N-dealkylation sites (tertiary alicyclic amines) is 1. The fraction of sp³-hybridized carbons (Fsp3) is 0.550. The van der Waals surface area contributed by atoms with E-state index in [1.807, 2.05) is 29.3 Å². The minimum absolute atomic E-state index is 0.0798. The first-order valence-corrected chi connectivity index (χ1v) is 9.85. The molecule has 4 rings (SSSR count). The van der Waals surface area contributed by atoms with Crippen LogP contribution in [0.15, 0.2) is 24.4 Å². The lowest BCUT2D eigenvalue weighted by Gasteiger charge is -2.34. The van der Waals surface area contributed by atoms with Crippen molar-refractivity contribution in [2.45, 2.75) is 38.6 Å². The fourth-order valence-corrected chi connectivity index (χ4v) is 4.08. The van der Waals surface area contributed by atoms with Crippen LogP contribution in [0.4, 0.5) is 0 Å². The first-order valence-electron chi connectivity index (χ1n) is 9.85. The van der Waals surface area contributed by atoms with Crippen LogP contribution in [0.5, 0.6) is 0 Å². The number of piperidine rings is 1. The zero-order valence-corrected chi connectivity index (χ0v) is 15.8. The molecule has 4 heterocycles. The number of morpholine rings is 1. The summed E-state index contributed by atoms with van der Waals surface area (Å²) < 4.78 is 7.10. The molecule has 0 spiro atoms. The standard InChI is InChI=1S/C20H26N4O3/c1-2-15-7-3-5-9-23(15)20(26)18-21-17(16-8-4-6-10-24(16)18)19(25)22-11-13-27-14-12-22/h4,6,8,10,15H,2-3,5,7,9,11-14H2,1H3. The van der Waals surface area contributed by atoms with Crippen LogP contribution in [-0.4, -0.2) is 69.9 Å². The molecule has 0 bridgehead atoms. The molecular weight excluding hydrogens is 344 g/mol. The average Bonchev–Trinajstić information content (AvgIpc) is 3.13. The molecular formula is C20H26N4O3. The van der Waals surface area contributed by atoms with Gasteiger partial charge in [0.25, 0.3) is 11.8 Å². The van der Waals surface area contributed by atoms with Crippen LogP contribution < -0.4 is 0 Å². The maximum atomic E-state index is 13.3. The average molecular weight is 370 g/mol. The van der Waals surface area contributed by atoms with Gasteiger partial charge in [-0.1, -0.05) is 13.0 Å². The number of hydrogen-bond acceptors (Lipinski definition) is 4. The smallest absolute Gasteiger partial charge is 0.290 e. The number of aromatic nitrogens is 2. The molecule has 0 N–H and O–H groups in total. The van der Waals surface area contributed by atoms with Crippen molar-refractivity contribution in [3.63, 3.8) is 0 Å². The molecule has 144 valence electrons. The second kappa shape index (κ2) is 7.68. The third kappa shape index (κ3) is 3.32. The highest BCUT2D eigenvalue weighted by Gasteiger charge is 2.31. The Morgan fingerprint density at radius 2 is 1.96 bits per heavy atom. The van der Waals surface area contributed by atoms with E-state index in [0.29, 0.717) is 43.3 Å². The third-order valence-electron chi connectivity index (χ3n) is 5.60. The summed E-state index contributed by atoms with van der Waals surface area (Å²) in [5.74, 6) is 0.123. The van der Waals surface area contributed by atoms with Gasteiger partial charge >= 0.3 is 0 Å². The van der Waals surface area contributed by atoms with Gasteiger partial charge in [-0.2, -0.15) is 0 Å². The summed E-state index contributed by atoms with van der Waals surface area (Å²) in [5.41, 5.74) is 1.04. The molecule has 2 aliphatic heterocycles. The van der Waals surface area contributed by atoms with Crippen molar-refractivity contribution in [3.05, 3.63) is 35.9 Å². The second-order valence-corrected chi connectivity index (χ2v) is 7.20. The topological polar surface area (TPSA) is 67.2 Å². The van der Waals surface area contributed by atoms with Crippen molar-refractivity contribution < 1.29 is 14.3 Å². The maximum Gasteiger partial charge on any atom is 0.290 e. The van der Waals surface area contributed by atoms with E-state index < -0.39 is 0 Å². The van der Waals surface area contributed by atoms with Crippen molar-refractivity contribution in [3.8, 4) is 0 Å². The molecule has 2 aromatic rings. The second-order valence-electron chi connectivity index (χ2n) is 7.20. The number of hydrogen-bond donors (Lipinski definition) is 0. The number of carbonyl (C=O) groups is 2. The summed E-state index contributed by atoms with van der Waals surface area (Å²) in [6.07, 6.45) is 5.97. The molecule has 1 unspecified atom stereocenters. The number of imidazole rings is 1. The Labute approximate surface area is 158 Å². The van der Waals surface area contributed by atoms with Crippen molar-refractivity contribution in [2.75, 3.05) is 32.8 Å². The van der Waals surface area contributed by atoms with E-state index in [0.717, 1.165) is 32.2 Å². The number of pyridine rings is 1. The highest BCUT2D eigenvalue weighted by molar-refractivity contribution is 6.02. The summed E-state index contributed by atoms with van der Waals surface area (Å²) >= 11 is 0. The molecule has 0 aromatic carbocycles. The number of fused-ring (bicyclic) bond motifs is 1. The van der Waals surface area contributed by atoms with Gasteiger partial charge < -0.3 is 14.5 Å². The summed E-state index contributed by atoms with van der Waals surface area (Å²) in [6, 6.07) is 5.84. The van der Waals surface area contributed by atoms with Crippen LogP contribution in [0.3, 0.4) is 0 Å². The van der Waals surface area contributed by atoms with Crippen molar-refractivity contribution in [1.29, 1.82) is 0 Å². The van der Waals surface area contributed by atoms with Crippen LogP contribution in [0, 0.1) is 0 Å². The molecule has 7 nitrogen and oxygen atoms in total. The first-order chi connectivity index (χ1) is 13.2. The lowest BCUT2D eigenvalue weighted by molar-refractivity contribution is 0.0300. The highest BCUT2D eigenvalue weighted by Crippen LogP contribution is 2.23.